The topological polar surface area (TPSA) is 38.7 Å². The summed E-state index contributed by atoms with van der Waals surface area (Å²) in [5.74, 6) is 5.97. The van der Waals surface area contributed by atoms with Crippen LogP contribution in [0.4, 0.5) is 0 Å². The van der Waals surface area contributed by atoms with E-state index >= 15 is 0 Å². The number of aliphatic hydroxyl groups is 1. The van der Waals surface area contributed by atoms with Gasteiger partial charge in [-0.1, -0.05) is 11.8 Å². The molecule has 1 saturated heterocycles. The Bertz CT molecular complexity index is 462. The Balaban J connectivity index is 1.81. The minimum Gasteiger partial charge on any atom is -0.395 e. The zero-order chi connectivity index (χ0) is 14.4. The molecule has 0 aromatic carbocycles. The second-order valence-corrected chi connectivity index (χ2v) is 6.23. The Labute approximate surface area is 124 Å². The molecule has 2 atom stereocenters. The number of hydrogen-bond acceptors (Lipinski definition) is 4. The van der Waals surface area contributed by atoms with Crippen molar-refractivity contribution in [1.82, 2.24) is 0 Å². The van der Waals surface area contributed by atoms with Gasteiger partial charge < -0.3 is 14.6 Å². The summed E-state index contributed by atoms with van der Waals surface area (Å²) < 4.78 is 11.7. The van der Waals surface area contributed by atoms with E-state index in [-0.39, 0.29) is 18.8 Å². The van der Waals surface area contributed by atoms with Crippen LogP contribution in [-0.2, 0) is 16.1 Å². The fourth-order valence-corrected chi connectivity index (χ4v) is 3.16. The van der Waals surface area contributed by atoms with E-state index in [0.29, 0.717) is 19.1 Å². The molecule has 0 saturated carbocycles. The van der Waals surface area contributed by atoms with Gasteiger partial charge in [0.1, 0.15) is 0 Å². The van der Waals surface area contributed by atoms with E-state index in [2.05, 4.69) is 31.8 Å². The van der Waals surface area contributed by atoms with Crippen molar-refractivity contribution in [2.45, 2.75) is 58.0 Å². The molecule has 0 radical (unpaired) electrons. The van der Waals surface area contributed by atoms with Gasteiger partial charge in [-0.15, -0.1) is 11.3 Å². The van der Waals surface area contributed by atoms with E-state index < -0.39 is 0 Å². The smallest absolute Gasteiger partial charge is 0.0813 e. The number of aliphatic hydroxyl groups excluding tert-OH is 1. The highest BCUT2D eigenvalue weighted by molar-refractivity contribution is 7.10. The molecule has 2 unspecified atom stereocenters. The van der Waals surface area contributed by atoms with Crippen LogP contribution < -0.4 is 0 Å². The van der Waals surface area contributed by atoms with Crippen molar-refractivity contribution in [1.29, 1.82) is 0 Å². The first-order chi connectivity index (χ1) is 9.67. The highest BCUT2D eigenvalue weighted by Gasteiger charge is 2.24. The molecule has 0 aliphatic carbocycles. The Morgan fingerprint density at radius 3 is 2.85 bits per heavy atom. The molecule has 1 aliphatic rings. The second kappa shape index (κ2) is 7.80. The Kier molecular flexibility index (Phi) is 6.06. The van der Waals surface area contributed by atoms with Crippen molar-refractivity contribution < 1.29 is 14.6 Å². The standard InChI is InChI=1S/C16H22O3S/c1-12-7-15(8-13(2)19-12)18-10-16-9-14(11-20-16)5-3-4-6-17/h9,11-13,15,17H,4,6-8,10H2,1-2H3. The molecule has 1 fully saturated rings. The van der Waals surface area contributed by atoms with E-state index in [1.807, 2.05) is 5.38 Å². The monoisotopic (exact) mass is 294 g/mol. The number of ether oxygens (including phenoxy) is 2. The first-order valence-electron chi connectivity index (χ1n) is 7.11. The van der Waals surface area contributed by atoms with Gasteiger partial charge in [0.25, 0.3) is 0 Å². The van der Waals surface area contributed by atoms with Crippen molar-refractivity contribution in [3.05, 3.63) is 21.9 Å². The van der Waals surface area contributed by atoms with Gasteiger partial charge in [0.05, 0.1) is 31.5 Å². The van der Waals surface area contributed by atoms with E-state index in [0.717, 1.165) is 18.4 Å². The lowest BCUT2D eigenvalue weighted by atomic mass is 10.0. The van der Waals surface area contributed by atoms with Crippen molar-refractivity contribution in [2.24, 2.45) is 0 Å². The van der Waals surface area contributed by atoms with Crippen molar-refractivity contribution >= 4 is 11.3 Å². The molecule has 0 spiro atoms. The zero-order valence-electron chi connectivity index (χ0n) is 12.1. The molecule has 3 nitrogen and oxygen atoms in total. The highest BCUT2D eigenvalue weighted by Crippen LogP contribution is 2.24. The number of rotatable bonds is 4. The van der Waals surface area contributed by atoms with E-state index in [1.165, 1.54) is 4.88 Å². The predicted octanol–water partition coefficient (Wildman–Crippen LogP) is 2.95. The van der Waals surface area contributed by atoms with Crippen LogP contribution in [-0.4, -0.2) is 30.0 Å². The Hall–Kier alpha value is -0.860. The fourth-order valence-electron chi connectivity index (χ4n) is 2.42. The molecule has 2 heterocycles. The molecule has 1 N–H and O–H groups in total. The maximum absolute atomic E-state index is 8.69. The summed E-state index contributed by atoms with van der Waals surface area (Å²) in [6.07, 6.45) is 3.33. The molecular formula is C16H22O3S. The lowest BCUT2D eigenvalue weighted by Gasteiger charge is -2.31. The van der Waals surface area contributed by atoms with Crippen molar-refractivity contribution in [2.75, 3.05) is 6.61 Å². The minimum absolute atomic E-state index is 0.118. The van der Waals surface area contributed by atoms with Crippen LogP contribution in [0, 0.1) is 11.8 Å². The summed E-state index contributed by atoms with van der Waals surface area (Å²) in [5, 5.41) is 10.7. The number of hydrogen-bond donors (Lipinski definition) is 1. The van der Waals surface area contributed by atoms with Crippen LogP contribution in [0.1, 0.15) is 43.6 Å². The van der Waals surface area contributed by atoms with Crippen molar-refractivity contribution in [3.63, 3.8) is 0 Å². The zero-order valence-corrected chi connectivity index (χ0v) is 12.9. The average molecular weight is 294 g/mol. The van der Waals surface area contributed by atoms with Crippen molar-refractivity contribution in [3.8, 4) is 11.8 Å². The Morgan fingerprint density at radius 1 is 1.40 bits per heavy atom. The Morgan fingerprint density at radius 2 is 2.15 bits per heavy atom. The van der Waals surface area contributed by atoms with Crippen LogP contribution in [0.15, 0.2) is 11.4 Å². The summed E-state index contributed by atoms with van der Waals surface area (Å²) in [6.45, 7) is 4.97. The third kappa shape index (κ3) is 4.92. The van der Waals surface area contributed by atoms with Crippen LogP contribution in [0.5, 0.6) is 0 Å². The van der Waals surface area contributed by atoms with Gasteiger partial charge in [-0.2, -0.15) is 0 Å². The fraction of sp³-hybridized carbons (Fsp3) is 0.625. The second-order valence-electron chi connectivity index (χ2n) is 5.24. The molecule has 2 rings (SSSR count). The van der Waals surface area contributed by atoms with Gasteiger partial charge in [0.2, 0.25) is 0 Å². The van der Waals surface area contributed by atoms with Gasteiger partial charge in [0.15, 0.2) is 0 Å². The maximum atomic E-state index is 8.69. The van der Waals surface area contributed by atoms with Crippen LogP contribution in [0.2, 0.25) is 0 Å². The van der Waals surface area contributed by atoms with Gasteiger partial charge >= 0.3 is 0 Å². The van der Waals surface area contributed by atoms with Crippen LogP contribution in [0.3, 0.4) is 0 Å². The maximum Gasteiger partial charge on any atom is 0.0813 e. The first-order valence-corrected chi connectivity index (χ1v) is 7.99. The third-order valence-corrected chi connectivity index (χ3v) is 4.15. The van der Waals surface area contributed by atoms with E-state index in [1.54, 1.807) is 11.3 Å². The average Bonchev–Trinajstić information content (AvgIpc) is 2.84. The van der Waals surface area contributed by atoms with E-state index in [9.17, 15) is 0 Å². The van der Waals surface area contributed by atoms with Gasteiger partial charge in [0, 0.05) is 22.2 Å². The van der Waals surface area contributed by atoms with Gasteiger partial charge in [-0.05, 0) is 32.8 Å². The highest BCUT2D eigenvalue weighted by atomic mass is 32.1. The molecule has 4 heteroatoms. The van der Waals surface area contributed by atoms with E-state index in [4.69, 9.17) is 14.6 Å². The van der Waals surface area contributed by atoms with Gasteiger partial charge in [-0.3, -0.25) is 0 Å². The molecule has 0 amide bonds. The first kappa shape index (κ1) is 15.5. The summed E-state index contributed by atoms with van der Waals surface area (Å²) in [6, 6.07) is 2.07. The third-order valence-electron chi connectivity index (χ3n) is 3.24. The molecule has 1 aromatic heterocycles. The summed E-state index contributed by atoms with van der Waals surface area (Å²) in [7, 11) is 0. The normalized spacial score (nSPS) is 26.1. The quantitative estimate of drug-likeness (QED) is 0.868. The lowest BCUT2D eigenvalue weighted by Crippen LogP contribution is -2.33. The van der Waals surface area contributed by atoms with Crippen LogP contribution >= 0.6 is 11.3 Å². The summed E-state index contributed by atoms with van der Waals surface area (Å²) >= 11 is 1.68. The molecular weight excluding hydrogens is 272 g/mol. The summed E-state index contributed by atoms with van der Waals surface area (Å²) in [5.41, 5.74) is 1.01. The SMILES string of the molecule is CC1CC(OCc2cc(C#CCCO)cs2)CC(C)O1. The molecule has 1 aliphatic heterocycles. The molecule has 20 heavy (non-hydrogen) atoms. The molecule has 1 aromatic rings. The lowest BCUT2D eigenvalue weighted by molar-refractivity contribution is -0.105. The number of thiophene rings is 1. The minimum atomic E-state index is 0.118. The summed E-state index contributed by atoms with van der Waals surface area (Å²) in [4.78, 5) is 1.20. The predicted molar refractivity (Wildman–Crippen MR) is 80.7 cm³/mol. The molecule has 110 valence electrons. The largest absolute Gasteiger partial charge is 0.395 e. The van der Waals surface area contributed by atoms with Crippen LogP contribution in [0.25, 0.3) is 0 Å². The van der Waals surface area contributed by atoms with Gasteiger partial charge in [-0.25, -0.2) is 0 Å². The molecule has 0 bridgehead atoms.